The SMILES string of the molecule is CN1C(=O)[C@@H](C2(C)C=CC(C3(C#N)CC3)=CC2)[C@@](C)(c2ccc(F)cc2F)N=C1N. The average Bonchev–Trinajstić information content (AvgIpc) is 3.47. The number of halogens is 2. The van der Waals surface area contributed by atoms with E-state index in [1.165, 1.54) is 11.0 Å². The van der Waals surface area contributed by atoms with Gasteiger partial charge in [-0.05, 0) is 37.8 Å². The van der Waals surface area contributed by atoms with Crippen molar-refractivity contribution >= 4 is 11.9 Å². The Balaban J connectivity index is 1.81. The van der Waals surface area contributed by atoms with Crippen LogP contribution in [0.15, 0.2) is 47.0 Å². The summed E-state index contributed by atoms with van der Waals surface area (Å²) in [4.78, 5) is 19.2. The summed E-state index contributed by atoms with van der Waals surface area (Å²) in [5.41, 5.74) is 4.66. The second-order valence-electron chi connectivity index (χ2n) is 8.97. The molecule has 156 valence electrons. The number of rotatable bonds is 3. The summed E-state index contributed by atoms with van der Waals surface area (Å²) in [7, 11) is 1.54. The standard InChI is InChI=1S/C23H24F2N4O/c1-21(8-6-14(7-9-21)23(13-26)10-11-23)18-19(30)29(3)20(27)28-22(18,2)16-5-4-15(24)12-17(16)25/h4-8,12,18H,9-11H2,1-3H3,(H2,27,28)/t18-,21?,22+/m0/s1. The summed E-state index contributed by atoms with van der Waals surface area (Å²) in [5.74, 6) is -2.52. The monoisotopic (exact) mass is 410 g/mol. The summed E-state index contributed by atoms with van der Waals surface area (Å²) in [5, 5.41) is 9.49. The van der Waals surface area contributed by atoms with Crippen LogP contribution < -0.4 is 5.73 Å². The molecular weight excluding hydrogens is 386 g/mol. The predicted octanol–water partition coefficient (Wildman–Crippen LogP) is 3.78. The highest BCUT2D eigenvalue weighted by Gasteiger charge is 2.56. The number of carbonyl (C=O) groups is 1. The molecule has 0 bridgehead atoms. The maximum absolute atomic E-state index is 14.8. The molecule has 5 nitrogen and oxygen atoms in total. The smallest absolute Gasteiger partial charge is 0.235 e. The molecule has 1 aliphatic heterocycles. The molecule has 0 aromatic heterocycles. The number of hydrogen-bond donors (Lipinski definition) is 1. The first-order chi connectivity index (χ1) is 14.1. The van der Waals surface area contributed by atoms with Gasteiger partial charge in [0.15, 0.2) is 5.96 Å². The third-order valence-electron chi connectivity index (χ3n) is 6.89. The van der Waals surface area contributed by atoms with Crippen LogP contribution >= 0.6 is 0 Å². The van der Waals surface area contributed by atoms with Crippen molar-refractivity contribution in [2.45, 2.75) is 38.6 Å². The molecule has 1 amide bonds. The highest BCUT2D eigenvalue weighted by Crippen LogP contribution is 2.56. The van der Waals surface area contributed by atoms with E-state index in [2.05, 4.69) is 11.1 Å². The lowest BCUT2D eigenvalue weighted by Crippen LogP contribution is -2.58. The molecule has 0 saturated heterocycles. The Morgan fingerprint density at radius 1 is 1.30 bits per heavy atom. The number of guanidine groups is 1. The Kier molecular flexibility index (Phi) is 4.39. The first-order valence-corrected chi connectivity index (χ1v) is 9.96. The first-order valence-electron chi connectivity index (χ1n) is 9.96. The summed E-state index contributed by atoms with van der Waals surface area (Å²) in [6, 6.07) is 5.68. The van der Waals surface area contributed by atoms with Crippen molar-refractivity contribution in [1.29, 1.82) is 5.26 Å². The number of hydrogen-bond acceptors (Lipinski definition) is 4. The predicted molar refractivity (Wildman–Crippen MR) is 109 cm³/mol. The van der Waals surface area contributed by atoms with Crippen molar-refractivity contribution in [1.82, 2.24) is 4.90 Å². The van der Waals surface area contributed by atoms with E-state index in [9.17, 15) is 18.8 Å². The second-order valence-corrected chi connectivity index (χ2v) is 8.97. The van der Waals surface area contributed by atoms with Crippen molar-refractivity contribution in [2.24, 2.45) is 27.5 Å². The molecule has 1 unspecified atom stereocenters. The van der Waals surface area contributed by atoms with Gasteiger partial charge in [-0.1, -0.05) is 31.2 Å². The fraction of sp³-hybridized carbons (Fsp3) is 0.435. The molecule has 30 heavy (non-hydrogen) atoms. The van der Waals surface area contributed by atoms with E-state index in [0.29, 0.717) is 6.42 Å². The van der Waals surface area contributed by atoms with Gasteiger partial charge >= 0.3 is 0 Å². The lowest BCUT2D eigenvalue weighted by atomic mass is 9.61. The molecule has 1 aromatic rings. The molecule has 3 atom stereocenters. The van der Waals surface area contributed by atoms with Crippen LogP contribution in [0.1, 0.15) is 38.7 Å². The van der Waals surface area contributed by atoms with E-state index in [1.54, 1.807) is 14.0 Å². The van der Waals surface area contributed by atoms with Gasteiger partial charge in [0.25, 0.3) is 0 Å². The minimum Gasteiger partial charge on any atom is -0.369 e. The van der Waals surface area contributed by atoms with Crippen LogP contribution in [0.2, 0.25) is 0 Å². The zero-order valence-corrected chi connectivity index (χ0v) is 17.2. The lowest BCUT2D eigenvalue weighted by molar-refractivity contribution is -0.138. The fourth-order valence-electron chi connectivity index (χ4n) is 4.87. The zero-order chi connectivity index (χ0) is 21.9. The average molecular weight is 410 g/mol. The summed E-state index contributed by atoms with van der Waals surface area (Å²) in [6.07, 6.45) is 8.03. The van der Waals surface area contributed by atoms with E-state index >= 15 is 0 Å². The molecular formula is C23H24F2N4O. The van der Waals surface area contributed by atoms with Gasteiger partial charge in [0.05, 0.1) is 17.4 Å². The Morgan fingerprint density at radius 2 is 2.00 bits per heavy atom. The normalized spacial score (nSPS) is 32.3. The van der Waals surface area contributed by atoms with Gasteiger partial charge in [0, 0.05) is 24.1 Å². The van der Waals surface area contributed by atoms with Crippen molar-refractivity contribution in [3.8, 4) is 6.07 Å². The number of aliphatic imine (C=N–C) groups is 1. The van der Waals surface area contributed by atoms with Crippen LogP contribution in [0.4, 0.5) is 8.78 Å². The molecule has 1 fully saturated rings. The van der Waals surface area contributed by atoms with Gasteiger partial charge in [0.2, 0.25) is 5.91 Å². The van der Waals surface area contributed by atoms with Crippen molar-refractivity contribution in [2.75, 3.05) is 7.05 Å². The largest absolute Gasteiger partial charge is 0.369 e. The molecule has 1 saturated carbocycles. The second kappa shape index (κ2) is 6.49. The minimum absolute atomic E-state index is 0.0106. The highest BCUT2D eigenvalue weighted by atomic mass is 19.1. The van der Waals surface area contributed by atoms with Crippen molar-refractivity contribution in [3.63, 3.8) is 0 Å². The molecule has 2 N–H and O–H groups in total. The van der Waals surface area contributed by atoms with E-state index < -0.39 is 33.9 Å². The van der Waals surface area contributed by atoms with Crippen molar-refractivity contribution in [3.05, 3.63) is 59.2 Å². The molecule has 4 rings (SSSR count). The van der Waals surface area contributed by atoms with Crippen molar-refractivity contribution < 1.29 is 13.6 Å². The quantitative estimate of drug-likeness (QED) is 0.823. The summed E-state index contributed by atoms with van der Waals surface area (Å²) >= 11 is 0. The molecule has 0 radical (unpaired) electrons. The minimum atomic E-state index is -1.32. The summed E-state index contributed by atoms with van der Waals surface area (Å²) in [6.45, 7) is 3.59. The molecule has 1 aromatic carbocycles. The van der Waals surface area contributed by atoms with Crippen LogP contribution in [0, 0.1) is 39.7 Å². The third-order valence-corrected chi connectivity index (χ3v) is 6.89. The number of amides is 1. The van der Waals surface area contributed by atoms with Gasteiger partial charge in [-0.25, -0.2) is 13.8 Å². The zero-order valence-electron chi connectivity index (χ0n) is 17.2. The Hall–Kier alpha value is -3.01. The van der Waals surface area contributed by atoms with Gasteiger partial charge in [0.1, 0.15) is 17.2 Å². The van der Waals surface area contributed by atoms with Crippen LogP contribution in [0.3, 0.4) is 0 Å². The van der Waals surface area contributed by atoms with Crippen LogP contribution in [0.25, 0.3) is 0 Å². The Bertz CT molecular complexity index is 1070. The fourth-order valence-corrected chi connectivity index (χ4v) is 4.87. The lowest BCUT2D eigenvalue weighted by Gasteiger charge is -2.48. The number of nitrogens with two attached hydrogens (primary N) is 1. The van der Waals surface area contributed by atoms with E-state index in [-0.39, 0.29) is 17.4 Å². The van der Waals surface area contributed by atoms with Crippen LogP contribution in [0.5, 0.6) is 0 Å². The maximum Gasteiger partial charge on any atom is 0.235 e. The highest BCUT2D eigenvalue weighted by molar-refractivity contribution is 6.00. The number of nitriles is 1. The molecule has 0 spiro atoms. The molecule has 3 aliphatic rings. The van der Waals surface area contributed by atoms with Gasteiger partial charge in [-0.3, -0.25) is 9.69 Å². The Labute approximate surface area is 174 Å². The summed E-state index contributed by atoms with van der Waals surface area (Å²) < 4.78 is 28.4. The van der Waals surface area contributed by atoms with E-state index in [4.69, 9.17) is 5.73 Å². The Morgan fingerprint density at radius 3 is 2.53 bits per heavy atom. The van der Waals surface area contributed by atoms with Crippen LogP contribution in [-0.2, 0) is 10.3 Å². The molecule has 2 aliphatic carbocycles. The van der Waals surface area contributed by atoms with Gasteiger partial charge in [-0.15, -0.1) is 0 Å². The molecule has 7 heteroatoms. The van der Waals surface area contributed by atoms with E-state index in [1.807, 2.05) is 25.2 Å². The molecule has 1 heterocycles. The topological polar surface area (TPSA) is 82.5 Å². The maximum atomic E-state index is 14.8. The third kappa shape index (κ3) is 2.85. The number of allylic oxidation sites excluding steroid dienone is 4. The number of benzene rings is 1. The van der Waals surface area contributed by atoms with Gasteiger partial charge in [-0.2, -0.15) is 5.26 Å². The van der Waals surface area contributed by atoms with Gasteiger partial charge < -0.3 is 5.73 Å². The number of carbonyl (C=O) groups excluding carboxylic acids is 1. The van der Waals surface area contributed by atoms with Crippen LogP contribution in [-0.4, -0.2) is 23.8 Å². The number of nitrogens with zero attached hydrogens (tertiary/aromatic N) is 3. The van der Waals surface area contributed by atoms with E-state index in [0.717, 1.165) is 30.5 Å². The first kappa shape index (κ1) is 20.3.